The van der Waals surface area contributed by atoms with Crippen molar-refractivity contribution in [3.05, 3.63) is 34.6 Å². The van der Waals surface area contributed by atoms with Crippen LogP contribution in [0, 0.1) is 24.2 Å². The third-order valence-corrected chi connectivity index (χ3v) is 7.31. The van der Waals surface area contributed by atoms with Crippen LogP contribution in [0.5, 0.6) is 0 Å². The van der Waals surface area contributed by atoms with E-state index in [0.29, 0.717) is 4.88 Å². The predicted octanol–water partition coefficient (Wildman–Crippen LogP) is 3.62. The molecule has 166 valence electrons. The van der Waals surface area contributed by atoms with Gasteiger partial charge in [0.05, 0.1) is 5.69 Å². The number of halogens is 2. The lowest BCUT2D eigenvalue weighted by Gasteiger charge is -2.47. The van der Waals surface area contributed by atoms with Crippen molar-refractivity contribution in [2.24, 2.45) is 5.41 Å². The van der Waals surface area contributed by atoms with Gasteiger partial charge in [0.25, 0.3) is 11.8 Å². The van der Waals surface area contributed by atoms with Crippen molar-refractivity contribution < 1.29 is 23.5 Å². The van der Waals surface area contributed by atoms with Crippen LogP contribution in [-0.2, 0) is 4.79 Å². The first-order valence-electron chi connectivity index (χ1n) is 10.3. The molecule has 0 bridgehead atoms. The van der Waals surface area contributed by atoms with Crippen molar-refractivity contribution in [3.63, 3.8) is 0 Å². The molecule has 0 aliphatic heterocycles. The van der Waals surface area contributed by atoms with Crippen molar-refractivity contribution in [2.45, 2.75) is 64.5 Å². The molecule has 0 radical (unpaired) electrons. The van der Waals surface area contributed by atoms with Gasteiger partial charge in [-0.05, 0) is 44.9 Å². The van der Waals surface area contributed by atoms with Crippen molar-refractivity contribution in [1.29, 1.82) is 0 Å². The molecule has 10 heteroatoms. The Morgan fingerprint density at radius 2 is 1.87 bits per heavy atom. The molecule has 0 aromatic carbocycles. The predicted molar refractivity (Wildman–Crippen MR) is 111 cm³/mol. The smallest absolute Gasteiger partial charge is 0.271 e. The van der Waals surface area contributed by atoms with Crippen LogP contribution in [0.2, 0.25) is 0 Å². The van der Waals surface area contributed by atoms with E-state index in [9.17, 15) is 23.5 Å². The lowest BCUT2D eigenvalue weighted by molar-refractivity contribution is -0.125. The van der Waals surface area contributed by atoms with Gasteiger partial charge in [-0.3, -0.25) is 14.5 Å². The number of anilines is 2. The Kier molecular flexibility index (Phi) is 5.78. The minimum atomic E-state index is -1.45. The molecule has 0 saturated heterocycles. The monoisotopic (exact) mass is 450 g/mol. The van der Waals surface area contributed by atoms with Crippen LogP contribution in [0.3, 0.4) is 0 Å². The summed E-state index contributed by atoms with van der Waals surface area (Å²) in [6, 6.07) is 1.86. The van der Waals surface area contributed by atoms with Crippen molar-refractivity contribution in [3.8, 4) is 0 Å². The number of rotatable bonds is 5. The highest BCUT2D eigenvalue weighted by Gasteiger charge is 2.49. The number of aryl methyl sites for hydroxylation is 1. The van der Waals surface area contributed by atoms with Gasteiger partial charge < -0.3 is 10.4 Å². The van der Waals surface area contributed by atoms with Crippen LogP contribution in [0.4, 0.5) is 19.6 Å². The number of nitrogens with one attached hydrogen (secondary N) is 1. The Morgan fingerprint density at radius 1 is 1.23 bits per heavy atom. The van der Waals surface area contributed by atoms with Crippen molar-refractivity contribution >= 4 is 34.0 Å². The summed E-state index contributed by atoms with van der Waals surface area (Å²) < 4.78 is 27.4. The summed E-state index contributed by atoms with van der Waals surface area (Å²) in [6.45, 7) is 2.94. The number of aliphatic hydroxyl groups is 1. The van der Waals surface area contributed by atoms with Crippen molar-refractivity contribution in [2.75, 3.05) is 4.90 Å². The first-order chi connectivity index (χ1) is 14.7. The Labute approximate surface area is 182 Å². The molecule has 2 aromatic rings. The highest BCUT2D eigenvalue weighted by Crippen LogP contribution is 2.53. The largest absolute Gasteiger partial charge is 0.384 e. The van der Waals surface area contributed by atoms with E-state index in [4.69, 9.17) is 0 Å². The molecule has 2 heterocycles. The molecule has 2 atom stereocenters. The van der Waals surface area contributed by atoms with Gasteiger partial charge in [-0.25, -0.2) is 4.98 Å². The van der Waals surface area contributed by atoms with Crippen molar-refractivity contribution in [1.82, 2.24) is 15.3 Å². The lowest BCUT2D eigenvalue weighted by atomic mass is 9.63. The molecule has 31 heavy (non-hydrogen) atoms. The van der Waals surface area contributed by atoms with Gasteiger partial charge in [-0.15, -0.1) is 11.3 Å². The molecule has 1 spiro atoms. The summed E-state index contributed by atoms with van der Waals surface area (Å²) in [4.78, 5) is 34.4. The fourth-order valence-electron chi connectivity index (χ4n) is 4.62. The maximum atomic E-state index is 13.7. The molecular weight excluding hydrogens is 426 g/mol. The van der Waals surface area contributed by atoms with E-state index in [1.165, 1.54) is 19.8 Å². The standard InChI is InChI=1S/C21H24F2N4O3S/c1-11(28)19(30)27(13-9-15(22)25-16(23)10-13)20-26-17(12(2)31-20)18(29)24-14-5-8-21(14)6-3-4-7-21/h9-11,14,28H,3-8H2,1-2H3,(H,24,29). The third kappa shape index (κ3) is 4.06. The van der Waals surface area contributed by atoms with Gasteiger partial charge in [-0.2, -0.15) is 13.8 Å². The molecular formula is C21H24F2N4O3S. The number of hydrogen-bond donors (Lipinski definition) is 2. The summed E-state index contributed by atoms with van der Waals surface area (Å²) >= 11 is 1.04. The van der Waals surface area contributed by atoms with Crippen LogP contribution in [-0.4, -0.2) is 39.0 Å². The molecule has 2 aromatic heterocycles. The number of amides is 2. The molecule has 2 unspecified atom stereocenters. The molecule has 2 N–H and O–H groups in total. The van der Waals surface area contributed by atoms with Gasteiger partial charge in [0.1, 0.15) is 11.8 Å². The average molecular weight is 451 g/mol. The number of thiazole rings is 1. The number of carbonyl (C=O) groups is 2. The summed E-state index contributed by atoms with van der Waals surface area (Å²) in [6.07, 6.45) is 5.21. The molecule has 2 amide bonds. The number of pyridine rings is 1. The number of aliphatic hydroxyl groups excluding tert-OH is 1. The van der Waals surface area contributed by atoms with Gasteiger partial charge in [-0.1, -0.05) is 12.8 Å². The van der Waals surface area contributed by atoms with Gasteiger partial charge in [0.2, 0.25) is 11.9 Å². The maximum Gasteiger partial charge on any atom is 0.271 e. The van der Waals surface area contributed by atoms with Gasteiger partial charge in [0, 0.05) is 23.1 Å². The Balaban J connectivity index is 1.62. The zero-order valence-electron chi connectivity index (χ0n) is 17.3. The highest BCUT2D eigenvalue weighted by atomic mass is 32.1. The second-order valence-corrected chi connectivity index (χ2v) is 9.54. The topological polar surface area (TPSA) is 95.4 Å². The average Bonchev–Trinajstić information content (AvgIpc) is 3.33. The number of hydrogen-bond acceptors (Lipinski definition) is 6. The number of carbonyl (C=O) groups excluding carboxylic acids is 2. The van der Waals surface area contributed by atoms with E-state index in [2.05, 4.69) is 15.3 Å². The minimum absolute atomic E-state index is 0.0442. The Morgan fingerprint density at radius 3 is 2.42 bits per heavy atom. The van der Waals surface area contributed by atoms with Gasteiger partial charge in [0.15, 0.2) is 5.13 Å². The lowest BCUT2D eigenvalue weighted by Crippen LogP contribution is -2.54. The quantitative estimate of drug-likeness (QED) is 0.679. The fourth-order valence-corrected chi connectivity index (χ4v) is 5.55. The molecule has 2 aliphatic carbocycles. The molecule has 7 nitrogen and oxygen atoms in total. The van der Waals surface area contributed by atoms with Gasteiger partial charge >= 0.3 is 0 Å². The Bertz CT molecular complexity index is 1000. The zero-order chi connectivity index (χ0) is 22.3. The maximum absolute atomic E-state index is 13.7. The van der Waals surface area contributed by atoms with E-state index in [1.807, 2.05) is 0 Å². The third-order valence-electron chi connectivity index (χ3n) is 6.35. The van der Waals surface area contributed by atoms with E-state index < -0.39 is 23.9 Å². The van der Waals surface area contributed by atoms with E-state index >= 15 is 0 Å². The number of nitrogens with zero attached hydrogens (tertiary/aromatic N) is 3. The number of aromatic nitrogens is 2. The normalized spacial score (nSPS) is 20.4. The minimum Gasteiger partial charge on any atom is -0.384 e. The molecule has 2 aliphatic rings. The first-order valence-corrected chi connectivity index (χ1v) is 11.2. The summed E-state index contributed by atoms with van der Waals surface area (Å²) in [5.41, 5.74) is 0.196. The van der Waals surface area contributed by atoms with Crippen LogP contribution < -0.4 is 10.2 Å². The van der Waals surface area contributed by atoms with Crippen LogP contribution in [0.15, 0.2) is 12.1 Å². The second kappa shape index (κ2) is 8.23. The summed E-state index contributed by atoms with van der Waals surface area (Å²) in [5, 5.41) is 13.0. The summed E-state index contributed by atoms with van der Waals surface area (Å²) in [5.74, 6) is -3.38. The SMILES string of the molecule is Cc1sc(N(C(=O)C(C)O)c2cc(F)nc(F)c2)nc1C(=O)NC1CCC12CCCC2. The van der Waals surface area contributed by atoms with E-state index in [-0.39, 0.29) is 33.9 Å². The summed E-state index contributed by atoms with van der Waals surface area (Å²) in [7, 11) is 0. The zero-order valence-corrected chi connectivity index (χ0v) is 18.1. The van der Waals surface area contributed by atoms with E-state index in [1.54, 1.807) is 6.92 Å². The Hall–Kier alpha value is -2.46. The first kappa shape index (κ1) is 21.8. The fraction of sp³-hybridized carbons (Fsp3) is 0.524. The molecule has 2 saturated carbocycles. The van der Waals surface area contributed by atoms with Crippen LogP contribution in [0.25, 0.3) is 0 Å². The molecule has 4 rings (SSSR count). The second-order valence-electron chi connectivity index (χ2n) is 8.36. The van der Waals surface area contributed by atoms with E-state index in [0.717, 1.165) is 54.1 Å². The molecule has 2 fully saturated rings. The highest BCUT2D eigenvalue weighted by molar-refractivity contribution is 7.16. The van der Waals surface area contributed by atoms with Crippen LogP contribution >= 0.6 is 11.3 Å². The van der Waals surface area contributed by atoms with Crippen LogP contribution in [0.1, 0.15) is 60.8 Å².